The van der Waals surface area contributed by atoms with E-state index in [9.17, 15) is 14.2 Å². The van der Waals surface area contributed by atoms with Gasteiger partial charge in [-0.15, -0.1) is 0 Å². The van der Waals surface area contributed by atoms with Gasteiger partial charge in [0, 0.05) is 18.2 Å². The van der Waals surface area contributed by atoms with Crippen molar-refractivity contribution in [2.45, 2.75) is 70.2 Å². The van der Waals surface area contributed by atoms with Crippen LogP contribution in [0.5, 0.6) is 5.75 Å². The molecule has 14 heteroatoms. The fraction of sp³-hybridized carbons (Fsp3) is 0.522. The molecule has 0 aliphatic carbocycles. The van der Waals surface area contributed by atoms with E-state index in [0.717, 1.165) is 11.8 Å². The van der Waals surface area contributed by atoms with E-state index in [1.807, 2.05) is 13.8 Å². The van der Waals surface area contributed by atoms with E-state index in [-0.39, 0.29) is 17.0 Å². The highest BCUT2D eigenvalue weighted by molar-refractivity contribution is 7.48. The van der Waals surface area contributed by atoms with Gasteiger partial charge in [-0.25, -0.2) is 9.36 Å². The van der Waals surface area contributed by atoms with Gasteiger partial charge in [-0.2, -0.15) is 13.8 Å². The van der Waals surface area contributed by atoms with Gasteiger partial charge in [0.15, 0.2) is 6.10 Å². The number of carbonyl (C=O) groups excluding carboxylic acids is 1. The summed E-state index contributed by atoms with van der Waals surface area (Å²) in [5.41, 5.74) is -0.215. The van der Waals surface area contributed by atoms with Crippen LogP contribution in [0.3, 0.4) is 0 Å². The molecule has 0 radical (unpaired) electrons. The molecule has 1 amide bonds. The molecular weight excluding hydrogens is 515 g/mol. The van der Waals surface area contributed by atoms with Crippen LogP contribution in [0.25, 0.3) is 0 Å². The van der Waals surface area contributed by atoms with Crippen molar-refractivity contribution in [2.75, 3.05) is 11.9 Å². The number of rotatable bonds is 5. The smallest absolute Gasteiger partial charge is 0.475 e. The van der Waals surface area contributed by atoms with E-state index < -0.39 is 56.5 Å². The molecule has 11 nitrogen and oxygen atoms in total. The molecule has 2 unspecified atom stereocenters. The quantitative estimate of drug-likeness (QED) is 0.564. The highest BCUT2D eigenvalue weighted by Crippen LogP contribution is 2.60. The first-order valence-corrected chi connectivity index (χ1v) is 13.1. The van der Waals surface area contributed by atoms with Crippen molar-refractivity contribution >= 4 is 19.5 Å². The number of ether oxygens (including phenoxy) is 2. The summed E-state index contributed by atoms with van der Waals surface area (Å²) in [5, 5.41) is 2.48. The van der Waals surface area contributed by atoms with Crippen LogP contribution < -0.4 is 15.7 Å². The number of nitrogens with zero attached hydrogens (tertiary/aromatic N) is 2. The second-order valence-corrected chi connectivity index (χ2v) is 11.5. The molecular formula is C23H26F2N3O8P. The molecule has 2 aromatic rings. The van der Waals surface area contributed by atoms with Crippen molar-refractivity contribution < 1.29 is 41.2 Å². The van der Waals surface area contributed by atoms with E-state index in [1.165, 1.54) is 6.07 Å². The number of phosphoric acid groups is 1. The molecule has 37 heavy (non-hydrogen) atoms. The monoisotopic (exact) mass is 541 g/mol. The van der Waals surface area contributed by atoms with Gasteiger partial charge in [-0.05, 0) is 51.5 Å². The Morgan fingerprint density at radius 3 is 2.76 bits per heavy atom. The maximum Gasteiger partial charge on any atom is 0.475 e. The van der Waals surface area contributed by atoms with Crippen LogP contribution in [0, 0.1) is 0 Å². The molecule has 1 aromatic carbocycles. The first kappa shape index (κ1) is 25.9. The van der Waals surface area contributed by atoms with Crippen molar-refractivity contribution in [2.24, 2.45) is 0 Å². The maximum absolute atomic E-state index is 15.2. The fourth-order valence-corrected chi connectivity index (χ4v) is 6.03. The van der Waals surface area contributed by atoms with Crippen molar-refractivity contribution in [1.29, 1.82) is 0 Å². The Balaban J connectivity index is 1.32. The first-order chi connectivity index (χ1) is 17.3. The number of phosphoric ester groups is 1. The number of aromatic nitrogens is 2. The van der Waals surface area contributed by atoms with Crippen LogP contribution in [-0.2, 0) is 29.3 Å². The van der Waals surface area contributed by atoms with E-state index in [2.05, 4.69) is 10.3 Å². The Kier molecular flexibility index (Phi) is 6.27. The van der Waals surface area contributed by atoms with Crippen molar-refractivity contribution in [3.05, 3.63) is 52.1 Å². The Bertz CT molecular complexity index is 1350. The number of amides is 1. The van der Waals surface area contributed by atoms with Crippen LogP contribution >= 0.6 is 7.82 Å². The second kappa shape index (κ2) is 8.95. The number of nitrogens with one attached hydrogen (secondary N) is 1. The predicted molar refractivity (Wildman–Crippen MR) is 125 cm³/mol. The highest BCUT2D eigenvalue weighted by Gasteiger charge is 2.65. The first-order valence-electron chi connectivity index (χ1n) is 11.6. The van der Waals surface area contributed by atoms with Crippen molar-refractivity contribution in [3.63, 3.8) is 0 Å². The second-order valence-electron chi connectivity index (χ2n) is 9.94. The van der Waals surface area contributed by atoms with Crippen LogP contribution in [0.15, 0.2) is 35.3 Å². The molecule has 3 aliphatic heterocycles. The Morgan fingerprint density at radius 1 is 1.30 bits per heavy atom. The third kappa shape index (κ3) is 4.94. The number of benzene rings is 1. The molecule has 4 heterocycles. The Hall–Kier alpha value is -2.70. The molecule has 2 fully saturated rings. The summed E-state index contributed by atoms with van der Waals surface area (Å²) in [6.45, 7) is 6.51. The van der Waals surface area contributed by atoms with Crippen LogP contribution in [0.4, 0.5) is 14.6 Å². The molecule has 200 valence electrons. The summed E-state index contributed by atoms with van der Waals surface area (Å²) in [5.74, 6) is -3.86. The molecule has 3 aliphatic rings. The number of fused-ring (bicyclic) bond motifs is 2. The van der Waals surface area contributed by atoms with Gasteiger partial charge in [0.1, 0.15) is 23.3 Å². The third-order valence-corrected chi connectivity index (χ3v) is 7.62. The minimum Gasteiger partial charge on any atom is -0.487 e. The van der Waals surface area contributed by atoms with E-state index in [0.29, 0.717) is 16.7 Å². The Labute approximate surface area is 210 Å². The highest BCUT2D eigenvalue weighted by atomic mass is 31.2. The Morgan fingerprint density at radius 2 is 2.05 bits per heavy atom. The summed E-state index contributed by atoms with van der Waals surface area (Å²) in [4.78, 5) is 29.1. The molecule has 1 N–H and O–H groups in total. The molecule has 5 rings (SSSR count). The molecule has 0 spiro atoms. The molecule has 2 saturated heterocycles. The van der Waals surface area contributed by atoms with Gasteiger partial charge in [0.2, 0.25) is 6.23 Å². The molecule has 4 atom stereocenters. The number of carbonyl (C=O) groups is 1. The van der Waals surface area contributed by atoms with Crippen molar-refractivity contribution in [1.82, 2.24) is 9.55 Å². The van der Waals surface area contributed by atoms with Gasteiger partial charge in [-0.1, -0.05) is 6.07 Å². The van der Waals surface area contributed by atoms with Gasteiger partial charge in [-0.3, -0.25) is 22.9 Å². The maximum atomic E-state index is 15.2. The van der Waals surface area contributed by atoms with Gasteiger partial charge in [0.25, 0.3) is 5.91 Å². The largest absolute Gasteiger partial charge is 0.487 e. The number of halogens is 2. The fourth-order valence-electron chi connectivity index (χ4n) is 4.46. The van der Waals surface area contributed by atoms with Crippen LogP contribution in [0.2, 0.25) is 0 Å². The summed E-state index contributed by atoms with van der Waals surface area (Å²) in [6, 6.07) is 6.20. The van der Waals surface area contributed by atoms with Crippen molar-refractivity contribution in [3.8, 4) is 5.75 Å². The lowest BCUT2D eigenvalue weighted by Crippen LogP contribution is -2.45. The molecule has 1 aromatic heterocycles. The number of hydrogen-bond acceptors (Lipinski definition) is 9. The van der Waals surface area contributed by atoms with E-state index >= 15 is 8.78 Å². The summed E-state index contributed by atoms with van der Waals surface area (Å²) in [6.07, 6.45) is -4.22. The minimum atomic E-state index is -4.23. The predicted octanol–water partition coefficient (Wildman–Crippen LogP) is 3.69. The lowest BCUT2D eigenvalue weighted by molar-refractivity contribution is -0.139. The zero-order valence-electron chi connectivity index (χ0n) is 20.5. The van der Waals surface area contributed by atoms with Crippen LogP contribution in [0.1, 0.15) is 49.8 Å². The van der Waals surface area contributed by atoms with Gasteiger partial charge < -0.3 is 14.8 Å². The summed E-state index contributed by atoms with van der Waals surface area (Å²) >= 11 is 0. The zero-order valence-corrected chi connectivity index (χ0v) is 21.4. The number of hydrogen-bond donors (Lipinski definition) is 1. The lowest BCUT2D eigenvalue weighted by Gasteiger charge is -2.32. The van der Waals surface area contributed by atoms with Crippen LogP contribution in [-0.4, -0.2) is 51.9 Å². The topological polar surface area (TPSA) is 127 Å². The van der Waals surface area contributed by atoms with E-state index in [4.69, 9.17) is 23.0 Å². The zero-order chi connectivity index (χ0) is 26.8. The van der Waals surface area contributed by atoms with E-state index in [1.54, 1.807) is 32.0 Å². The summed E-state index contributed by atoms with van der Waals surface area (Å²) in [7, 11) is -4.23. The van der Waals surface area contributed by atoms with Gasteiger partial charge >= 0.3 is 19.4 Å². The molecule has 0 saturated carbocycles. The normalized spacial score (nSPS) is 29.4. The molecule has 0 bridgehead atoms. The number of anilines is 1. The average molecular weight is 541 g/mol. The average Bonchev–Trinajstić information content (AvgIpc) is 3.23. The third-order valence-electron chi connectivity index (χ3n) is 5.99. The number of alkyl halides is 2. The standard InChI is InChI=1S/C23H26F2N3O8P/c1-12(2)35-37(31)32-11-16-18(36-37)23(24,25)20(33-16)28-8-7-17(27-21(28)30)26-19(29)13-5-6-14-10-22(3,4)34-15(14)9-13/h5-9,12,16,18,20H,10-11H2,1-4H3,(H,26,27,29,30)/t16-,18-,20?,37?/m1/s1. The SMILES string of the molecule is CC(C)OP1(=O)OC[C@H]2OC(n3ccc(NC(=O)c4ccc5c(c4)OC(C)(C)C5)nc3=O)C(F)(F)[C@@H]2O1. The summed E-state index contributed by atoms with van der Waals surface area (Å²) < 4.78 is 69.9. The lowest BCUT2D eigenvalue weighted by atomic mass is 10.0. The minimum absolute atomic E-state index is 0.138. The van der Waals surface area contributed by atoms with Gasteiger partial charge in [0.05, 0.1) is 12.7 Å².